The van der Waals surface area contributed by atoms with Crippen molar-refractivity contribution in [2.75, 3.05) is 13.1 Å². The summed E-state index contributed by atoms with van der Waals surface area (Å²) >= 11 is 0. The maximum atomic E-state index is 9.17. The molecule has 0 saturated carbocycles. The summed E-state index contributed by atoms with van der Waals surface area (Å²) in [6.45, 7) is 2.16. The van der Waals surface area contributed by atoms with Crippen molar-refractivity contribution in [1.82, 2.24) is 4.90 Å². The summed E-state index contributed by atoms with van der Waals surface area (Å²) in [5.41, 5.74) is 1.78. The number of nitriles is 1. The van der Waals surface area contributed by atoms with E-state index in [0.29, 0.717) is 0 Å². The van der Waals surface area contributed by atoms with Crippen LogP contribution in [-0.2, 0) is 0 Å². The quantitative estimate of drug-likeness (QED) is 0.704. The van der Waals surface area contributed by atoms with Gasteiger partial charge in [0.05, 0.1) is 5.57 Å². The van der Waals surface area contributed by atoms with Crippen LogP contribution in [0, 0.1) is 11.3 Å². The van der Waals surface area contributed by atoms with Gasteiger partial charge in [-0.2, -0.15) is 5.26 Å². The first-order valence-electron chi connectivity index (χ1n) is 5.81. The smallest absolute Gasteiger partial charge is 0.101 e. The van der Waals surface area contributed by atoms with Crippen molar-refractivity contribution in [2.24, 2.45) is 0 Å². The van der Waals surface area contributed by atoms with E-state index in [2.05, 4.69) is 11.0 Å². The van der Waals surface area contributed by atoms with Gasteiger partial charge >= 0.3 is 0 Å². The molecule has 82 valence electrons. The molecule has 2 heteroatoms. The Hall–Kier alpha value is -1.75. The third-order valence-electron chi connectivity index (χ3n) is 2.91. The molecule has 0 bridgehead atoms. The van der Waals surface area contributed by atoms with Crippen LogP contribution in [0.1, 0.15) is 24.8 Å². The van der Waals surface area contributed by atoms with E-state index in [4.69, 9.17) is 5.26 Å². The summed E-state index contributed by atoms with van der Waals surface area (Å²) in [5.74, 6) is 0. The number of likely N-dealkylation sites (tertiary alicyclic amines) is 1. The number of rotatable bonds is 2. The van der Waals surface area contributed by atoms with Crippen LogP contribution in [0.2, 0.25) is 0 Å². The first-order valence-corrected chi connectivity index (χ1v) is 5.81. The minimum atomic E-state index is 0.766. The SMILES string of the molecule is N#C/C(=C\N1CCCCC1)c1ccccc1. The van der Waals surface area contributed by atoms with Crippen LogP contribution < -0.4 is 0 Å². The van der Waals surface area contributed by atoms with Crippen LogP contribution in [0.3, 0.4) is 0 Å². The lowest BCUT2D eigenvalue weighted by Crippen LogP contribution is -2.24. The Labute approximate surface area is 96.8 Å². The van der Waals surface area contributed by atoms with Gasteiger partial charge in [-0.25, -0.2) is 0 Å². The highest BCUT2D eigenvalue weighted by atomic mass is 15.1. The molecule has 2 nitrogen and oxygen atoms in total. The first-order chi connectivity index (χ1) is 7.90. The summed E-state index contributed by atoms with van der Waals surface area (Å²) in [4.78, 5) is 2.26. The molecule has 0 radical (unpaired) electrons. The summed E-state index contributed by atoms with van der Waals surface area (Å²) in [6, 6.07) is 12.2. The Morgan fingerprint density at radius 1 is 1.12 bits per heavy atom. The highest BCUT2D eigenvalue weighted by Gasteiger charge is 2.08. The molecule has 1 aliphatic heterocycles. The van der Waals surface area contributed by atoms with E-state index in [1.165, 1.54) is 19.3 Å². The molecule has 0 atom stereocenters. The van der Waals surface area contributed by atoms with E-state index in [0.717, 1.165) is 24.2 Å². The average Bonchev–Trinajstić information content (AvgIpc) is 2.38. The molecule has 1 aromatic carbocycles. The molecule has 1 aliphatic rings. The maximum Gasteiger partial charge on any atom is 0.101 e. The molecule has 1 aromatic rings. The van der Waals surface area contributed by atoms with Gasteiger partial charge in [-0.1, -0.05) is 30.3 Å². The molecule has 1 saturated heterocycles. The zero-order chi connectivity index (χ0) is 11.2. The third kappa shape index (κ3) is 2.64. The van der Waals surface area contributed by atoms with Crippen LogP contribution in [0.15, 0.2) is 36.5 Å². The molecule has 0 aromatic heterocycles. The Balaban J connectivity index is 2.16. The molecule has 0 unspecified atom stereocenters. The maximum absolute atomic E-state index is 9.17. The first kappa shape index (κ1) is 10.8. The number of hydrogen-bond acceptors (Lipinski definition) is 2. The Kier molecular flexibility index (Phi) is 3.61. The lowest BCUT2D eigenvalue weighted by atomic mass is 10.1. The van der Waals surface area contributed by atoms with E-state index in [1.54, 1.807) is 0 Å². The minimum Gasteiger partial charge on any atom is -0.376 e. The lowest BCUT2D eigenvalue weighted by molar-refractivity contribution is 0.310. The fourth-order valence-corrected chi connectivity index (χ4v) is 2.02. The van der Waals surface area contributed by atoms with Gasteiger partial charge in [-0.3, -0.25) is 0 Å². The standard InChI is InChI=1S/C14H16N2/c15-11-14(13-7-3-1-4-8-13)12-16-9-5-2-6-10-16/h1,3-4,7-8,12H,2,5-6,9-10H2/b14-12+. The molecular weight excluding hydrogens is 196 g/mol. The molecule has 1 heterocycles. The van der Waals surface area contributed by atoms with Crippen LogP contribution >= 0.6 is 0 Å². The van der Waals surface area contributed by atoms with Gasteiger partial charge in [0, 0.05) is 19.3 Å². The van der Waals surface area contributed by atoms with Crippen molar-refractivity contribution in [3.8, 4) is 6.07 Å². The largest absolute Gasteiger partial charge is 0.376 e. The van der Waals surface area contributed by atoms with Crippen molar-refractivity contribution in [1.29, 1.82) is 5.26 Å². The summed E-state index contributed by atoms with van der Waals surface area (Å²) in [6.07, 6.45) is 5.81. The number of benzene rings is 1. The highest BCUT2D eigenvalue weighted by Crippen LogP contribution is 2.16. The van der Waals surface area contributed by atoms with Crippen molar-refractivity contribution in [3.63, 3.8) is 0 Å². The molecule has 0 N–H and O–H groups in total. The monoisotopic (exact) mass is 212 g/mol. The van der Waals surface area contributed by atoms with Gasteiger partial charge in [-0.05, 0) is 24.8 Å². The molecule has 0 amide bonds. The summed E-state index contributed by atoms with van der Waals surface area (Å²) in [5, 5.41) is 9.17. The number of hydrogen-bond donors (Lipinski definition) is 0. The van der Waals surface area contributed by atoms with Crippen molar-refractivity contribution >= 4 is 5.57 Å². The van der Waals surface area contributed by atoms with Crippen LogP contribution in [0.5, 0.6) is 0 Å². The van der Waals surface area contributed by atoms with Gasteiger partial charge in [0.2, 0.25) is 0 Å². The molecule has 16 heavy (non-hydrogen) atoms. The van der Waals surface area contributed by atoms with Crippen molar-refractivity contribution in [3.05, 3.63) is 42.1 Å². The zero-order valence-electron chi connectivity index (χ0n) is 9.39. The van der Waals surface area contributed by atoms with E-state index in [-0.39, 0.29) is 0 Å². The normalized spacial score (nSPS) is 16.9. The third-order valence-corrected chi connectivity index (χ3v) is 2.91. The Morgan fingerprint density at radius 3 is 2.44 bits per heavy atom. The highest BCUT2D eigenvalue weighted by molar-refractivity contribution is 5.76. The fourth-order valence-electron chi connectivity index (χ4n) is 2.02. The Morgan fingerprint density at radius 2 is 1.81 bits per heavy atom. The van der Waals surface area contributed by atoms with Gasteiger partial charge in [0.25, 0.3) is 0 Å². The minimum absolute atomic E-state index is 0.766. The molecule has 0 aliphatic carbocycles. The second kappa shape index (κ2) is 5.37. The van der Waals surface area contributed by atoms with Gasteiger partial charge in [-0.15, -0.1) is 0 Å². The van der Waals surface area contributed by atoms with E-state index in [9.17, 15) is 0 Å². The zero-order valence-corrected chi connectivity index (χ0v) is 9.39. The number of piperidine rings is 1. The predicted molar refractivity (Wildman–Crippen MR) is 65.5 cm³/mol. The van der Waals surface area contributed by atoms with Gasteiger partial charge < -0.3 is 4.90 Å². The van der Waals surface area contributed by atoms with Gasteiger partial charge in [0.1, 0.15) is 6.07 Å². The molecule has 0 spiro atoms. The molecule has 2 rings (SSSR count). The summed E-state index contributed by atoms with van der Waals surface area (Å²) in [7, 11) is 0. The van der Waals surface area contributed by atoms with Crippen molar-refractivity contribution in [2.45, 2.75) is 19.3 Å². The predicted octanol–water partition coefficient (Wildman–Crippen LogP) is 3.04. The molecule has 1 fully saturated rings. The van der Waals surface area contributed by atoms with E-state index >= 15 is 0 Å². The van der Waals surface area contributed by atoms with Crippen LogP contribution in [0.4, 0.5) is 0 Å². The second-order valence-electron chi connectivity index (χ2n) is 4.12. The number of nitrogens with zero attached hydrogens (tertiary/aromatic N) is 2. The van der Waals surface area contributed by atoms with E-state index < -0.39 is 0 Å². The number of allylic oxidation sites excluding steroid dienone is 1. The van der Waals surface area contributed by atoms with Gasteiger partial charge in [0.15, 0.2) is 0 Å². The Bertz CT molecular complexity index is 394. The van der Waals surface area contributed by atoms with Crippen LogP contribution in [-0.4, -0.2) is 18.0 Å². The topological polar surface area (TPSA) is 27.0 Å². The van der Waals surface area contributed by atoms with E-state index in [1.807, 2.05) is 36.5 Å². The lowest BCUT2D eigenvalue weighted by Gasteiger charge is -2.25. The fraction of sp³-hybridized carbons (Fsp3) is 0.357. The van der Waals surface area contributed by atoms with Crippen LogP contribution in [0.25, 0.3) is 5.57 Å². The second-order valence-corrected chi connectivity index (χ2v) is 4.12. The molecular formula is C14H16N2. The average molecular weight is 212 g/mol. The van der Waals surface area contributed by atoms with Crippen molar-refractivity contribution < 1.29 is 0 Å². The summed E-state index contributed by atoms with van der Waals surface area (Å²) < 4.78 is 0.